The predicted molar refractivity (Wildman–Crippen MR) is 36.9 cm³/mol. The van der Waals surface area contributed by atoms with Crippen LogP contribution in [0.4, 0.5) is 4.39 Å². The van der Waals surface area contributed by atoms with Gasteiger partial charge in [0.25, 0.3) is 0 Å². The molecular weight excluding hydrogens is 115 g/mol. The molecule has 1 atom stereocenters. The Hall–Kier alpha value is -0.850. The fourth-order valence-electron chi connectivity index (χ4n) is 0.677. The lowest BCUT2D eigenvalue weighted by Gasteiger charge is -1.98. The second-order valence-corrected chi connectivity index (χ2v) is 2.08. The van der Waals surface area contributed by atoms with Gasteiger partial charge in [0.15, 0.2) is 0 Å². The van der Waals surface area contributed by atoms with Crippen molar-refractivity contribution in [2.24, 2.45) is 0 Å². The van der Waals surface area contributed by atoms with E-state index >= 15 is 0 Å². The predicted octanol–water partition coefficient (Wildman–Crippen LogP) is 2.40. The Kier molecular flexibility index (Phi) is 1.83. The van der Waals surface area contributed by atoms with Gasteiger partial charge in [-0.15, -0.1) is 0 Å². The van der Waals surface area contributed by atoms with Crippen LogP contribution in [0.5, 0.6) is 0 Å². The molecule has 48 valence electrons. The van der Waals surface area contributed by atoms with Gasteiger partial charge in [-0.2, -0.15) is 0 Å². The van der Waals surface area contributed by atoms with Crippen LogP contribution in [-0.4, -0.2) is 6.17 Å². The summed E-state index contributed by atoms with van der Waals surface area (Å²) in [6.07, 6.45) is 7.81. The monoisotopic (exact) mass is 124 g/mol. The van der Waals surface area contributed by atoms with E-state index in [0.29, 0.717) is 0 Å². The van der Waals surface area contributed by atoms with Crippen LogP contribution < -0.4 is 0 Å². The van der Waals surface area contributed by atoms with Gasteiger partial charge in [-0.1, -0.05) is 24.3 Å². The number of alkyl halides is 1. The summed E-state index contributed by atoms with van der Waals surface area (Å²) in [5.41, 5.74) is 0.764. The van der Waals surface area contributed by atoms with Gasteiger partial charge in [0.05, 0.1) is 0 Å². The topological polar surface area (TPSA) is 0 Å². The summed E-state index contributed by atoms with van der Waals surface area (Å²) >= 11 is 0. The minimum atomic E-state index is -0.889. The first-order chi connectivity index (χ1) is 4.30. The molecule has 0 saturated carbocycles. The standard InChI is InChI=1S/C8H9F/c1-7-5-3-2-4-6-8(7)9/h2-6,8H,1H3. The zero-order chi connectivity index (χ0) is 6.69. The third kappa shape index (κ3) is 1.53. The van der Waals surface area contributed by atoms with Crippen molar-refractivity contribution in [3.63, 3.8) is 0 Å². The zero-order valence-corrected chi connectivity index (χ0v) is 5.34. The van der Waals surface area contributed by atoms with Crippen molar-refractivity contribution in [1.82, 2.24) is 0 Å². The van der Waals surface area contributed by atoms with Gasteiger partial charge in [-0.25, -0.2) is 4.39 Å². The molecule has 0 bridgehead atoms. The molecule has 0 saturated heterocycles. The largest absolute Gasteiger partial charge is 0.238 e. The third-order valence-electron chi connectivity index (χ3n) is 1.30. The molecule has 0 aromatic carbocycles. The molecule has 0 amide bonds. The van der Waals surface area contributed by atoms with E-state index in [1.54, 1.807) is 19.1 Å². The van der Waals surface area contributed by atoms with Crippen LogP contribution in [0.15, 0.2) is 36.0 Å². The Bertz CT molecular complexity index is 175. The van der Waals surface area contributed by atoms with Crippen molar-refractivity contribution in [1.29, 1.82) is 0 Å². The van der Waals surface area contributed by atoms with Crippen LogP contribution in [0.1, 0.15) is 6.92 Å². The van der Waals surface area contributed by atoms with Crippen molar-refractivity contribution in [2.45, 2.75) is 13.1 Å². The molecule has 0 N–H and O–H groups in total. The molecule has 0 aromatic rings. The molecule has 1 heteroatoms. The lowest BCUT2D eigenvalue weighted by Crippen LogP contribution is -1.94. The van der Waals surface area contributed by atoms with E-state index in [1.807, 2.05) is 12.2 Å². The van der Waals surface area contributed by atoms with Crippen molar-refractivity contribution >= 4 is 0 Å². The van der Waals surface area contributed by atoms with Gasteiger partial charge >= 0.3 is 0 Å². The molecule has 0 aliphatic heterocycles. The van der Waals surface area contributed by atoms with Crippen LogP contribution in [0.2, 0.25) is 0 Å². The highest BCUT2D eigenvalue weighted by atomic mass is 19.1. The van der Waals surface area contributed by atoms with Gasteiger partial charge < -0.3 is 0 Å². The van der Waals surface area contributed by atoms with Crippen molar-refractivity contribution in [3.8, 4) is 0 Å². The Balaban J connectivity index is 2.80. The van der Waals surface area contributed by atoms with Gasteiger partial charge in [0.1, 0.15) is 6.17 Å². The molecule has 1 unspecified atom stereocenters. The maximum atomic E-state index is 12.6. The van der Waals surface area contributed by atoms with Gasteiger partial charge in [-0.05, 0) is 18.6 Å². The molecule has 1 aliphatic rings. The normalized spacial score (nSPS) is 25.6. The Morgan fingerprint density at radius 3 is 2.89 bits per heavy atom. The molecule has 0 heterocycles. The van der Waals surface area contributed by atoms with E-state index in [0.717, 1.165) is 5.57 Å². The van der Waals surface area contributed by atoms with Crippen LogP contribution >= 0.6 is 0 Å². The molecule has 9 heavy (non-hydrogen) atoms. The third-order valence-corrected chi connectivity index (χ3v) is 1.30. The van der Waals surface area contributed by atoms with E-state index in [2.05, 4.69) is 0 Å². The second kappa shape index (κ2) is 2.62. The summed E-state index contributed by atoms with van der Waals surface area (Å²) in [6.45, 7) is 1.78. The van der Waals surface area contributed by atoms with Gasteiger partial charge in [0.2, 0.25) is 0 Å². The first kappa shape index (κ1) is 6.27. The quantitative estimate of drug-likeness (QED) is 0.465. The van der Waals surface area contributed by atoms with Crippen molar-refractivity contribution in [3.05, 3.63) is 36.0 Å². The Morgan fingerprint density at radius 2 is 2.11 bits per heavy atom. The molecule has 0 spiro atoms. The highest BCUT2D eigenvalue weighted by Crippen LogP contribution is 2.09. The molecular formula is C8H9F. The summed E-state index contributed by atoms with van der Waals surface area (Å²) in [4.78, 5) is 0. The summed E-state index contributed by atoms with van der Waals surface area (Å²) in [5.74, 6) is 0. The number of rotatable bonds is 0. The number of allylic oxidation sites excluding steroid dienone is 6. The van der Waals surface area contributed by atoms with Crippen molar-refractivity contribution < 1.29 is 4.39 Å². The fourth-order valence-corrected chi connectivity index (χ4v) is 0.677. The van der Waals surface area contributed by atoms with Gasteiger partial charge in [-0.3, -0.25) is 0 Å². The van der Waals surface area contributed by atoms with E-state index in [4.69, 9.17) is 0 Å². The van der Waals surface area contributed by atoms with Crippen LogP contribution in [0.3, 0.4) is 0 Å². The summed E-state index contributed by atoms with van der Waals surface area (Å²) in [5, 5.41) is 0. The van der Waals surface area contributed by atoms with Crippen LogP contribution in [0.25, 0.3) is 0 Å². The number of hydrogen-bond acceptors (Lipinski definition) is 0. The Morgan fingerprint density at radius 1 is 1.33 bits per heavy atom. The van der Waals surface area contributed by atoms with E-state index < -0.39 is 6.17 Å². The van der Waals surface area contributed by atoms with Crippen LogP contribution in [-0.2, 0) is 0 Å². The second-order valence-electron chi connectivity index (χ2n) is 2.08. The Labute approximate surface area is 54.4 Å². The van der Waals surface area contributed by atoms with Crippen LogP contribution in [0, 0.1) is 0 Å². The zero-order valence-electron chi connectivity index (χ0n) is 5.34. The molecule has 0 fully saturated rings. The summed E-state index contributed by atoms with van der Waals surface area (Å²) in [7, 11) is 0. The number of halogens is 1. The van der Waals surface area contributed by atoms with E-state index in [1.165, 1.54) is 6.08 Å². The molecule has 1 rings (SSSR count). The molecule has 0 nitrogen and oxygen atoms in total. The fraction of sp³-hybridized carbons (Fsp3) is 0.250. The van der Waals surface area contributed by atoms with Gasteiger partial charge in [0, 0.05) is 0 Å². The minimum absolute atomic E-state index is 0.764. The lowest BCUT2D eigenvalue weighted by atomic mass is 10.2. The maximum absolute atomic E-state index is 12.6. The molecule has 1 aliphatic carbocycles. The average molecular weight is 124 g/mol. The maximum Gasteiger partial charge on any atom is 0.140 e. The molecule has 0 aromatic heterocycles. The molecule has 0 radical (unpaired) electrons. The number of hydrogen-bond donors (Lipinski definition) is 0. The summed E-state index contributed by atoms with van der Waals surface area (Å²) in [6, 6.07) is 0. The van der Waals surface area contributed by atoms with E-state index in [9.17, 15) is 4.39 Å². The smallest absolute Gasteiger partial charge is 0.140 e. The average Bonchev–Trinajstić information content (AvgIpc) is 1.99. The lowest BCUT2D eigenvalue weighted by molar-refractivity contribution is 0.450. The first-order valence-electron chi connectivity index (χ1n) is 2.96. The van der Waals surface area contributed by atoms with Crippen molar-refractivity contribution in [2.75, 3.05) is 0 Å². The highest BCUT2D eigenvalue weighted by molar-refractivity contribution is 5.26. The SMILES string of the molecule is CC1=CC=CC=CC1F. The van der Waals surface area contributed by atoms with E-state index in [-0.39, 0.29) is 0 Å². The highest BCUT2D eigenvalue weighted by Gasteiger charge is 2.02. The summed E-state index contributed by atoms with van der Waals surface area (Å²) < 4.78 is 12.6. The minimum Gasteiger partial charge on any atom is -0.238 e. The first-order valence-corrected chi connectivity index (χ1v) is 2.96.